The molecule has 0 fully saturated rings. The highest BCUT2D eigenvalue weighted by Crippen LogP contribution is 2.25. The number of nitrogens with one attached hydrogen (secondary N) is 1. The molecule has 2 nitrogen and oxygen atoms in total. The number of aliphatic hydroxyl groups is 1. The Kier molecular flexibility index (Phi) is 2.02. The molecule has 1 atom stereocenters. The van der Waals surface area contributed by atoms with Gasteiger partial charge in [0, 0.05) is 27.7 Å². The minimum Gasteiger partial charge on any atom is -0.389 e. The number of aromatic amines is 1. The number of aromatic nitrogens is 1. The van der Waals surface area contributed by atoms with E-state index in [0.29, 0.717) is 5.02 Å². The van der Waals surface area contributed by atoms with Gasteiger partial charge in [-0.05, 0) is 19.1 Å². The Bertz CT molecular complexity index is 433. The Labute approximate surface area is 81.1 Å². The van der Waals surface area contributed by atoms with E-state index in [1.165, 1.54) is 0 Å². The normalized spacial score (nSPS) is 13.5. The van der Waals surface area contributed by atoms with Crippen molar-refractivity contribution >= 4 is 22.5 Å². The fraction of sp³-hybridized carbons (Fsp3) is 0.200. The maximum absolute atomic E-state index is 9.43. The molecule has 1 aromatic carbocycles. The Hall–Kier alpha value is -0.990. The largest absolute Gasteiger partial charge is 0.389 e. The van der Waals surface area contributed by atoms with E-state index >= 15 is 0 Å². The zero-order valence-corrected chi connectivity index (χ0v) is 7.97. The van der Waals surface area contributed by atoms with E-state index in [-0.39, 0.29) is 0 Å². The lowest BCUT2D eigenvalue weighted by Gasteiger charge is -2.00. The van der Waals surface area contributed by atoms with Crippen molar-refractivity contribution in [2.45, 2.75) is 13.0 Å². The molecule has 0 saturated heterocycles. The lowest BCUT2D eigenvalue weighted by Crippen LogP contribution is -1.87. The van der Waals surface area contributed by atoms with Gasteiger partial charge in [-0.2, -0.15) is 0 Å². The zero-order valence-electron chi connectivity index (χ0n) is 7.21. The van der Waals surface area contributed by atoms with Crippen molar-refractivity contribution in [3.8, 4) is 0 Å². The van der Waals surface area contributed by atoms with Crippen molar-refractivity contribution in [2.75, 3.05) is 0 Å². The first-order valence-electron chi connectivity index (χ1n) is 4.13. The summed E-state index contributed by atoms with van der Waals surface area (Å²) in [5.41, 5.74) is 1.87. The van der Waals surface area contributed by atoms with Crippen LogP contribution in [0.1, 0.15) is 18.6 Å². The molecule has 0 radical (unpaired) electrons. The molecular weight excluding hydrogens is 186 g/mol. The van der Waals surface area contributed by atoms with Crippen LogP contribution in [-0.4, -0.2) is 10.1 Å². The van der Waals surface area contributed by atoms with E-state index < -0.39 is 6.10 Å². The summed E-state index contributed by atoms with van der Waals surface area (Å²) in [6, 6.07) is 5.59. The van der Waals surface area contributed by atoms with Gasteiger partial charge in [-0.25, -0.2) is 0 Å². The SMILES string of the molecule is C[C@@H](O)c1c[nH]c2cc(Cl)ccc12. The van der Waals surface area contributed by atoms with Crippen LogP contribution >= 0.6 is 11.6 Å². The van der Waals surface area contributed by atoms with Crippen LogP contribution < -0.4 is 0 Å². The highest BCUT2D eigenvalue weighted by Gasteiger charge is 2.07. The molecular formula is C10H10ClNO. The highest BCUT2D eigenvalue weighted by molar-refractivity contribution is 6.31. The summed E-state index contributed by atoms with van der Waals surface area (Å²) < 4.78 is 0. The second-order valence-corrected chi connectivity index (χ2v) is 3.55. The molecule has 1 aromatic heterocycles. The minimum atomic E-state index is -0.449. The number of benzene rings is 1. The van der Waals surface area contributed by atoms with Crippen LogP contribution in [0, 0.1) is 0 Å². The molecule has 0 aliphatic carbocycles. The number of aliphatic hydroxyl groups excluding tert-OH is 1. The maximum atomic E-state index is 9.43. The Morgan fingerprint density at radius 1 is 1.46 bits per heavy atom. The van der Waals surface area contributed by atoms with Gasteiger partial charge in [-0.15, -0.1) is 0 Å². The molecule has 68 valence electrons. The van der Waals surface area contributed by atoms with Crippen molar-refractivity contribution in [3.05, 3.63) is 35.0 Å². The monoisotopic (exact) mass is 195 g/mol. The van der Waals surface area contributed by atoms with E-state index in [0.717, 1.165) is 16.5 Å². The standard InChI is InChI=1S/C10H10ClNO/c1-6(13)9-5-12-10-4-7(11)2-3-8(9)10/h2-6,12-13H,1H3/t6-/m1/s1. The predicted octanol–water partition coefficient (Wildman–Crippen LogP) is 2.87. The van der Waals surface area contributed by atoms with Crippen LogP contribution in [0.2, 0.25) is 5.02 Å². The molecule has 2 N–H and O–H groups in total. The third-order valence-electron chi connectivity index (χ3n) is 2.13. The molecule has 3 heteroatoms. The summed E-state index contributed by atoms with van der Waals surface area (Å²) >= 11 is 5.83. The van der Waals surface area contributed by atoms with Gasteiger partial charge in [0.25, 0.3) is 0 Å². The number of hydrogen-bond acceptors (Lipinski definition) is 1. The maximum Gasteiger partial charge on any atom is 0.0782 e. The first-order valence-corrected chi connectivity index (χ1v) is 4.51. The van der Waals surface area contributed by atoms with E-state index in [1.54, 1.807) is 6.92 Å². The predicted molar refractivity (Wildman–Crippen MR) is 53.9 cm³/mol. The van der Waals surface area contributed by atoms with Gasteiger partial charge in [0.2, 0.25) is 0 Å². The lowest BCUT2D eigenvalue weighted by atomic mass is 10.1. The second kappa shape index (κ2) is 3.05. The molecule has 0 amide bonds. The number of H-pyrrole nitrogens is 1. The fourth-order valence-electron chi connectivity index (χ4n) is 1.47. The summed E-state index contributed by atoms with van der Waals surface area (Å²) in [4.78, 5) is 3.07. The number of halogens is 1. The van der Waals surface area contributed by atoms with Gasteiger partial charge in [-0.3, -0.25) is 0 Å². The van der Waals surface area contributed by atoms with Gasteiger partial charge in [0.1, 0.15) is 0 Å². The minimum absolute atomic E-state index is 0.449. The molecule has 2 aromatic rings. The van der Waals surface area contributed by atoms with E-state index in [2.05, 4.69) is 4.98 Å². The zero-order chi connectivity index (χ0) is 9.42. The topological polar surface area (TPSA) is 36.0 Å². The van der Waals surface area contributed by atoms with Crippen molar-refractivity contribution in [3.63, 3.8) is 0 Å². The van der Waals surface area contributed by atoms with Crippen molar-refractivity contribution < 1.29 is 5.11 Å². The van der Waals surface area contributed by atoms with Crippen LogP contribution in [0.25, 0.3) is 10.9 Å². The fourth-order valence-corrected chi connectivity index (χ4v) is 1.64. The van der Waals surface area contributed by atoms with Crippen molar-refractivity contribution in [1.29, 1.82) is 0 Å². The summed E-state index contributed by atoms with van der Waals surface area (Å²) in [5.74, 6) is 0. The summed E-state index contributed by atoms with van der Waals surface area (Å²) in [6.07, 6.45) is 1.36. The van der Waals surface area contributed by atoms with Gasteiger partial charge in [-0.1, -0.05) is 17.7 Å². The van der Waals surface area contributed by atoms with Crippen LogP contribution in [0.3, 0.4) is 0 Å². The number of rotatable bonds is 1. The third-order valence-corrected chi connectivity index (χ3v) is 2.36. The quantitative estimate of drug-likeness (QED) is 0.721. The summed E-state index contributed by atoms with van der Waals surface area (Å²) in [7, 11) is 0. The molecule has 0 saturated carbocycles. The molecule has 0 aliphatic rings. The Morgan fingerprint density at radius 2 is 2.23 bits per heavy atom. The Balaban J connectivity index is 2.69. The molecule has 0 bridgehead atoms. The van der Waals surface area contributed by atoms with Gasteiger partial charge in [0.05, 0.1) is 6.10 Å². The molecule has 13 heavy (non-hydrogen) atoms. The third kappa shape index (κ3) is 1.43. The van der Waals surface area contributed by atoms with Gasteiger partial charge >= 0.3 is 0 Å². The summed E-state index contributed by atoms with van der Waals surface area (Å²) in [6.45, 7) is 1.75. The molecule has 2 rings (SSSR count). The van der Waals surface area contributed by atoms with E-state index in [9.17, 15) is 5.11 Å². The van der Waals surface area contributed by atoms with Crippen molar-refractivity contribution in [2.24, 2.45) is 0 Å². The van der Waals surface area contributed by atoms with Crippen LogP contribution in [0.15, 0.2) is 24.4 Å². The lowest BCUT2D eigenvalue weighted by molar-refractivity contribution is 0.201. The highest BCUT2D eigenvalue weighted by atomic mass is 35.5. The average Bonchev–Trinajstić information content (AvgIpc) is 2.46. The molecule has 0 spiro atoms. The van der Waals surface area contributed by atoms with E-state index in [4.69, 9.17) is 11.6 Å². The van der Waals surface area contributed by atoms with Crippen LogP contribution in [-0.2, 0) is 0 Å². The first-order chi connectivity index (χ1) is 6.18. The van der Waals surface area contributed by atoms with Crippen LogP contribution in [0.4, 0.5) is 0 Å². The summed E-state index contributed by atoms with van der Waals surface area (Å²) in [5, 5.41) is 11.2. The molecule has 0 unspecified atom stereocenters. The van der Waals surface area contributed by atoms with Crippen LogP contribution in [0.5, 0.6) is 0 Å². The number of hydrogen-bond donors (Lipinski definition) is 2. The number of fused-ring (bicyclic) bond motifs is 1. The van der Waals surface area contributed by atoms with E-state index in [1.807, 2.05) is 24.4 Å². The average molecular weight is 196 g/mol. The molecule has 1 heterocycles. The van der Waals surface area contributed by atoms with Gasteiger partial charge in [0.15, 0.2) is 0 Å². The second-order valence-electron chi connectivity index (χ2n) is 3.11. The first kappa shape index (κ1) is 8.60. The smallest absolute Gasteiger partial charge is 0.0782 e. The van der Waals surface area contributed by atoms with Crippen molar-refractivity contribution in [1.82, 2.24) is 4.98 Å². The van der Waals surface area contributed by atoms with Gasteiger partial charge < -0.3 is 10.1 Å². The Morgan fingerprint density at radius 3 is 2.92 bits per heavy atom. The molecule has 0 aliphatic heterocycles.